The first-order chi connectivity index (χ1) is 5.31. The SMILES string of the molecule is C=Cn1nc(CC)nc1CC. The molecule has 60 valence electrons. The molecule has 0 aliphatic carbocycles. The van der Waals surface area contributed by atoms with Crippen LogP contribution < -0.4 is 0 Å². The van der Waals surface area contributed by atoms with Crippen molar-refractivity contribution in [3.63, 3.8) is 0 Å². The van der Waals surface area contributed by atoms with E-state index in [9.17, 15) is 0 Å². The van der Waals surface area contributed by atoms with Crippen LogP contribution in [0.1, 0.15) is 25.5 Å². The van der Waals surface area contributed by atoms with E-state index in [4.69, 9.17) is 0 Å². The van der Waals surface area contributed by atoms with E-state index in [0.717, 1.165) is 24.5 Å². The van der Waals surface area contributed by atoms with Crippen LogP contribution in [0.2, 0.25) is 0 Å². The number of hydrogen-bond donors (Lipinski definition) is 0. The molecule has 0 N–H and O–H groups in total. The molecule has 3 heteroatoms. The number of hydrogen-bond acceptors (Lipinski definition) is 2. The first-order valence-electron chi connectivity index (χ1n) is 3.88. The van der Waals surface area contributed by atoms with Gasteiger partial charge in [-0.25, -0.2) is 9.67 Å². The van der Waals surface area contributed by atoms with Gasteiger partial charge >= 0.3 is 0 Å². The Balaban J connectivity index is 3.01. The number of nitrogens with zero attached hydrogens (tertiary/aromatic N) is 3. The normalized spacial score (nSPS) is 10.0. The summed E-state index contributed by atoms with van der Waals surface area (Å²) in [5.74, 6) is 1.87. The lowest BCUT2D eigenvalue weighted by molar-refractivity contribution is 0.831. The van der Waals surface area contributed by atoms with Gasteiger partial charge in [0.1, 0.15) is 5.82 Å². The molecule has 1 aromatic rings. The van der Waals surface area contributed by atoms with Crippen molar-refractivity contribution in [2.45, 2.75) is 26.7 Å². The van der Waals surface area contributed by atoms with Gasteiger partial charge in [-0.1, -0.05) is 20.4 Å². The highest BCUT2D eigenvalue weighted by Gasteiger charge is 2.02. The van der Waals surface area contributed by atoms with Crippen LogP contribution in [-0.4, -0.2) is 14.8 Å². The molecule has 1 aromatic heterocycles. The van der Waals surface area contributed by atoms with E-state index >= 15 is 0 Å². The van der Waals surface area contributed by atoms with E-state index in [0.29, 0.717) is 0 Å². The second-order valence-corrected chi connectivity index (χ2v) is 2.28. The van der Waals surface area contributed by atoms with Crippen molar-refractivity contribution < 1.29 is 0 Å². The molecule has 0 bridgehead atoms. The topological polar surface area (TPSA) is 30.7 Å². The fourth-order valence-corrected chi connectivity index (χ4v) is 0.942. The molecule has 0 amide bonds. The average Bonchev–Trinajstić information content (AvgIpc) is 2.46. The van der Waals surface area contributed by atoms with Crippen molar-refractivity contribution in [2.24, 2.45) is 0 Å². The van der Waals surface area contributed by atoms with Crippen molar-refractivity contribution in [3.05, 3.63) is 18.2 Å². The Morgan fingerprint density at radius 2 is 2.18 bits per heavy atom. The third-order valence-electron chi connectivity index (χ3n) is 1.55. The van der Waals surface area contributed by atoms with Gasteiger partial charge in [0.15, 0.2) is 5.82 Å². The van der Waals surface area contributed by atoms with Crippen LogP contribution >= 0.6 is 0 Å². The van der Waals surface area contributed by atoms with Crippen molar-refractivity contribution in [3.8, 4) is 0 Å². The standard InChI is InChI=1S/C8H13N3/c1-4-7-9-8(5-2)11(6-3)10-7/h6H,3-5H2,1-2H3. The summed E-state index contributed by atoms with van der Waals surface area (Å²) in [5, 5.41) is 4.21. The predicted octanol–water partition coefficient (Wildman–Crippen LogP) is 1.50. The van der Waals surface area contributed by atoms with Crippen LogP contribution in [0.3, 0.4) is 0 Å². The van der Waals surface area contributed by atoms with Gasteiger partial charge in [0, 0.05) is 19.0 Å². The third-order valence-corrected chi connectivity index (χ3v) is 1.55. The minimum absolute atomic E-state index is 0.883. The number of aromatic nitrogens is 3. The fourth-order valence-electron chi connectivity index (χ4n) is 0.942. The molecule has 1 rings (SSSR count). The van der Waals surface area contributed by atoms with E-state index in [1.165, 1.54) is 0 Å². The summed E-state index contributed by atoms with van der Waals surface area (Å²) in [6, 6.07) is 0. The minimum atomic E-state index is 0.883. The molecule has 1 heterocycles. The van der Waals surface area contributed by atoms with Crippen LogP contribution in [0, 0.1) is 0 Å². The van der Waals surface area contributed by atoms with E-state index in [1.54, 1.807) is 10.9 Å². The van der Waals surface area contributed by atoms with Gasteiger partial charge in [0.05, 0.1) is 0 Å². The molecule has 0 unspecified atom stereocenters. The molecule has 0 atom stereocenters. The smallest absolute Gasteiger partial charge is 0.151 e. The highest BCUT2D eigenvalue weighted by molar-refractivity contribution is 5.16. The Morgan fingerprint density at radius 3 is 2.55 bits per heavy atom. The lowest BCUT2D eigenvalue weighted by Crippen LogP contribution is -1.94. The largest absolute Gasteiger partial charge is 0.225 e. The summed E-state index contributed by atoms with van der Waals surface area (Å²) < 4.78 is 1.73. The molecule has 0 saturated heterocycles. The van der Waals surface area contributed by atoms with E-state index in [1.807, 2.05) is 6.92 Å². The van der Waals surface area contributed by atoms with Crippen LogP contribution in [-0.2, 0) is 12.8 Å². The molecule has 11 heavy (non-hydrogen) atoms. The Morgan fingerprint density at radius 1 is 1.45 bits per heavy atom. The van der Waals surface area contributed by atoms with E-state index in [2.05, 4.69) is 23.6 Å². The lowest BCUT2D eigenvalue weighted by atomic mass is 10.4. The second kappa shape index (κ2) is 3.32. The quantitative estimate of drug-likeness (QED) is 0.655. The molecular weight excluding hydrogens is 138 g/mol. The zero-order valence-corrected chi connectivity index (χ0v) is 7.04. The fraction of sp³-hybridized carbons (Fsp3) is 0.500. The summed E-state index contributed by atoms with van der Waals surface area (Å²) in [6.07, 6.45) is 3.47. The summed E-state index contributed by atoms with van der Waals surface area (Å²) in [4.78, 5) is 4.30. The van der Waals surface area contributed by atoms with Gasteiger partial charge in [0.2, 0.25) is 0 Å². The molecule has 0 fully saturated rings. The maximum absolute atomic E-state index is 4.30. The lowest BCUT2D eigenvalue weighted by Gasteiger charge is -1.92. The summed E-state index contributed by atoms with van der Waals surface area (Å²) in [6.45, 7) is 7.75. The maximum Gasteiger partial charge on any atom is 0.151 e. The monoisotopic (exact) mass is 151 g/mol. The van der Waals surface area contributed by atoms with Gasteiger partial charge in [-0.3, -0.25) is 0 Å². The van der Waals surface area contributed by atoms with Crippen molar-refractivity contribution in [2.75, 3.05) is 0 Å². The van der Waals surface area contributed by atoms with E-state index < -0.39 is 0 Å². The number of rotatable bonds is 3. The Hall–Kier alpha value is -1.12. The van der Waals surface area contributed by atoms with Gasteiger partial charge < -0.3 is 0 Å². The highest BCUT2D eigenvalue weighted by atomic mass is 15.3. The van der Waals surface area contributed by atoms with Gasteiger partial charge in [-0.05, 0) is 0 Å². The third kappa shape index (κ3) is 1.48. The van der Waals surface area contributed by atoms with Crippen molar-refractivity contribution >= 4 is 6.20 Å². The van der Waals surface area contributed by atoms with Gasteiger partial charge in [0.25, 0.3) is 0 Å². The first kappa shape index (κ1) is 7.98. The molecule has 0 aliphatic heterocycles. The van der Waals surface area contributed by atoms with Crippen LogP contribution in [0.25, 0.3) is 6.20 Å². The maximum atomic E-state index is 4.30. The molecular formula is C8H13N3. The molecule has 0 aromatic carbocycles. The Bertz CT molecular complexity index is 250. The summed E-state index contributed by atoms with van der Waals surface area (Å²) in [7, 11) is 0. The average molecular weight is 151 g/mol. The molecule has 0 aliphatic rings. The van der Waals surface area contributed by atoms with Crippen LogP contribution in [0.15, 0.2) is 6.58 Å². The van der Waals surface area contributed by atoms with Crippen LogP contribution in [0.5, 0.6) is 0 Å². The minimum Gasteiger partial charge on any atom is -0.225 e. The zero-order valence-electron chi connectivity index (χ0n) is 7.04. The predicted molar refractivity (Wildman–Crippen MR) is 45.2 cm³/mol. The van der Waals surface area contributed by atoms with Crippen molar-refractivity contribution in [1.82, 2.24) is 14.8 Å². The summed E-state index contributed by atoms with van der Waals surface area (Å²) in [5.41, 5.74) is 0. The highest BCUT2D eigenvalue weighted by Crippen LogP contribution is 1.99. The molecule has 0 radical (unpaired) electrons. The molecule has 3 nitrogen and oxygen atoms in total. The van der Waals surface area contributed by atoms with Crippen LogP contribution in [0.4, 0.5) is 0 Å². The second-order valence-electron chi connectivity index (χ2n) is 2.28. The van der Waals surface area contributed by atoms with Gasteiger partial charge in [-0.15, -0.1) is 0 Å². The summed E-state index contributed by atoms with van der Waals surface area (Å²) >= 11 is 0. The van der Waals surface area contributed by atoms with Crippen molar-refractivity contribution in [1.29, 1.82) is 0 Å². The Labute approximate surface area is 66.8 Å². The molecule has 0 saturated carbocycles. The molecule has 0 spiro atoms. The number of aryl methyl sites for hydroxylation is 2. The van der Waals surface area contributed by atoms with Gasteiger partial charge in [-0.2, -0.15) is 5.10 Å². The van der Waals surface area contributed by atoms with E-state index in [-0.39, 0.29) is 0 Å². The zero-order chi connectivity index (χ0) is 8.27. The Kier molecular flexibility index (Phi) is 2.41. The first-order valence-corrected chi connectivity index (χ1v) is 3.88.